The molecule has 2 aromatic carbocycles. The van der Waals surface area contributed by atoms with Crippen LogP contribution in [0.4, 0.5) is 35.1 Å². The molecule has 136 valence electrons. The maximum Gasteiger partial charge on any atom is 0.416 e. The van der Waals surface area contributed by atoms with Gasteiger partial charge in [-0.3, -0.25) is 0 Å². The van der Waals surface area contributed by atoms with Crippen LogP contribution in [-0.4, -0.2) is 8.42 Å². The molecule has 0 N–H and O–H groups in total. The summed E-state index contributed by atoms with van der Waals surface area (Å²) in [5, 5.41) is 0. The smallest absolute Gasteiger partial charge is 0.372 e. The molecule has 0 fully saturated rings. The molecule has 0 heterocycles. The molecule has 0 amide bonds. The molecule has 3 nitrogen and oxygen atoms in total. The van der Waals surface area contributed by atoms with Crippen molar-refractivity contribution >= 4 is 10.1 Å². The van der Waals surface area contributed by atoms with Gasteiger partial charge in [-0.15, -0.1) is 0 Å². The monoisotopic (exact) mass is 392 g/mol. The van der Waals surface area contributed by atoms with Crippen LogP contribution in [-0.2, 0) is 16.3 Å². The second kappa shape index (κ2) is 6.17. The Hall–Kier alpha value is -2.37. The second-order valence-corrected chi connectivity index (χ2v) is 6.00. The molecule has 0 aliphatic rings. The summed E-state index contributed by atoms with van der Waals surface area (Å²) < 4.78 is 130. The van der Waals surface area contributed by atoms with E-state index >= 15 is 0 Å². The third-order valence-corrected chi connectivity index (χ3v) is 4.07. The maximum atomic E-state index is 13.4. The second-order valence-electron chi connectivity index (χ2n) is 4.46. The summed E-state index contributed by atoms with van der Waals surface area (Å²) in [5.41, 5.74) is -1.23. The molecular weight excluding hydrogens is 388 g/mol. The lowest BCUT2D eigenvalue weighted by Gasteiger charge is -2.11. The van der Waals surface area contributed by atoms with E-state index in [1.807, 2.05) is 0 Å². The van der Waals surface area contributed by atoms with Gasteiger partial charge >= 0.3 is 16.3 Å². The van der Waals surface area contributed by atoms with Gasteiger partial charge in [0, 0.05) is 0 Å². The van der Waals surface area contributed by atoms with Crippen molar-refractivity contribution < 1.29 is 47.7 Å². The van der Waals surface area contributed by atoms with Crippen molar-refractivity contribution in [3.05, 3.63) is 58.9 Å². The fraction of sp³-hybridized carbons (Fsp3) is 0.0769. The number of hydrogen-bond acceptors (Lipinski definition) is 3. The summed E-state index contributed by atoms with van der Waals surface area (Å²) >= 11 is 0. The van der Waals surface area contributed by atoms with Crippen LogP contribution in [0.1, 0.15) is 5.56 Å². The van der Waals surface area contributed by atoms with Crippen LogP contribution in [0.25, 0.3) is 0 Å². The lowest BCUT2D eigenvalue weighted by molar-refractivity contribution is -0.137. The Morgan fingerprint density at radius 1 is 0.720 bits per heavy atom. The Morgan fingerprint density at radius 2 is 1.12 bits per heavy atom. The number of benzene rings is 2. The molecule has 2 rings (SSSR count). The third kappa shape index (κ3) is 3.52. The fourth-order valence-corrected chi connectivity index (χ4v) is 2.56. The molecule has 0 saturated heterocycles. The third-order valence-electron chi connectivity index (χ3n) is 2.83. The van der Waals surface area contributed by atoms with Gasteiger partial charge in [-0.25, -0.2) is 13.2 Å². The van der Waals surface area contributed by atoms with Crippen molar-refractivity contribution in [2.75, 3.05) is 0 Å². The Morgan fingerprint density at radius 3 is 1.52 bits per heavy atom. The van der Waals surface area contributed by atoms with Crippen molar-refractivity contribution in [3.8, 4) is 5.75 Å². The van der Waals surface area contributed by atoms with Gasteiger partial charge in [-0.1, -0.05) is 0 Å². The summed E-state index contributed by atoms with van der Waals surface area (Å²) in [6.45, 7) is 0. The van der Waals surface area contributed by atoms with Crippen LogP contribution >= 0.6 is 0 Å². The standard InChI is InChI=1S/C13H4F8O3S/c14-7-8(15)10(17)12(11(18)9(7)16)24-25(22,23)6-3-1-5(2-4-6)13(19,20)21/h1-4H. The van der Waals surface area contributed by atoms with Crippen LogP contribution in [0, 0.1) is 29.1 Å². The van der Waals surface area contributed by atoms with E-state index in [0.29, 0.717) is 24.3 Å². The lowest BCUT2D eigenvalue weighted by Crippen LogP contribution is -2.15. The average molecular weight is 392 g/mol. The first-order chi connectivity index (χ1) is 11.4. The Labute approximate surface area is 134 Å². The highest BCUT2D eigenvalue weighted by Crippen LogP contribution is 2.33. The summed E-state index contributed by atoms with van der Waals surface area (Å²) in [4.78, 5) is -0.996. The highest BCUT2D eigenvalue weighted by Gasteiger charge is 2.33. The van der Waals surface area contributed by atoms with Gasteiger partial charge in [-0.2, -0.15) is 30.4 Å². The van der Waals surface area contributed by atoms with Crippen molar-refractivity contribution in [1.82, 2.24) is 0 Å². The van der Waals surface area contributed by atoms with E-state index < -0.39 is 61.6 Å². The Bertz CT molecular complexity index is 891. The van der Waals surface area contributed by atoms with Gasteiger partial charge in [-0.05, 0) is 24.3 Å². The topological polar surface area (TPSA) is 43.4 Å². The first-order valence-corrected chi connectivity index (χ1v) is 7.40. The van der Waals surface area contributed by atoms with E-state index in [2.05, 4.69) is 4.18 Å². The Balaban J connectivity index is 2.47. The molecule has 0 atom stereocenters. The minimum absolute atomic E-state index is 0.328. The van der Waals surface area contributed by atoms with E-state index in [1.54, 1.807) is 0 Å². The molecule has 25 heavy (non-hydrogen) atoms. The number of halogens is 8. The first-order valence-electron chi connectivity index (χ1n) is 5.99. The molecule has 0 aromatic heterocycles. The summed E-state index contributed by atoms with van der Waals surface area (Å²) in [6.07, 6.45) is -4.79. The number of hydrogen-bond donors (Lipinski definition) is 0. The number of alkyl halides is 3. The molecule has 0 bridgehead atoms. The predicted octanol–water partition coefficient (Wildman–Crippen LogP) is 4.17. The zero-order valence-electron chi connectivity index (χ0n) is 11.5. The van der Waals surface area contributed by atoms with E-state index in [-0.39, 0.29) is 0 Å². The molecule has 0 aliphatic heterocycles. The van der Waals surface area contributed by atoms with E-state index in [9.17, 15) is 43.5 Å². The van der Waals surface area contributed by atoms with Gasteiger partial charge in [0.05, 0.1) is 5.56 Å². The molecule has 0 unspecified atom stereocenters. The highest BCUT2D eigenvalue weighted by molar-refractivity contribution is 7.87. The van der Waals surface area contributed by atoms with Crippen molar-refractivity contribution in [2.45, 2.75) is 11.1 Å². The molecule has 12 heteroatoms. The van der Waals surface area contributed by atoms with Crippen molar-refractivity contribution in [2.24, 2.45) is 0 Å². The largest absolute Gasteiger partial charge is 0.416 e. The number of rotatable bonds is 3. The molecule has 2 aromatic rings. The molecule has 0 aliphatic carbocycles. The van der Waals surface area contributed by atoms with E-state index in [4.69, 9.17) is 0 Å². The van der Waals surface area contributed by atoms with Crippen LogP contribution in [0.3, 0.4) is 0 Å². The molecule has 0 radical (unpaired) electrons. The van der Waals surface area contributed by atoms with Gasteiger partial charge in [0.25, 0.3) is 0 Å². The minimum Gasteiger partial charge on any atom is -0.372 e. The van der Waals surface area contributed by atoms with Crippen molar-refractivity contribution in [3.63, 3.8) is 0 Å². The lowest BCUT2D eigenvalue weighted by atomic mass is 10.2. The minimum atomic E-state index is -5.17. The summed E-state index contributed by atoms with van der Waals surface area (Å²) in [5.74, 6) is -14.6. The molecular formula is C13H4F8O3S. The van der Waals surface area contributed by atoms with Gasteiger partial charge < -0.3 is 4.18 Å². The van der Waals surface area contributed by atoms with Gasteiger partial charge in [0.1, 0.15) is 4.90 Å². The van der Waals surface area contributed by atoms with Crippen LogP contribution < -0.4 is 4.18 Å². The fourth-order valence-electron chi connectivity index (χ4n) is 1.63. The summed E-state index contributed by atoms with van der Waals surface area (Å²) in [7, 11) is -5.17. The van der Waals surface area contributed by atoms with E-state index in [1.165, 1.54) is 0 Å². The zero-order valence-corrected chi connectivity index (χ0v) is 12.3. The predicted molar refractivity (Wildman–Crippen MR) is 65.5 cm³/mol. The van der Waals surface area contributed by atoms with Crippen LogP contribution in [0.5, 0.6) is 5.75 Å². The van der Waals surface area contributed by atoms with Gasteiger partial charge in [0.2, 0.25) is 34.8 Å². The van der Waals surface area contributed by atoms with Gasteiger partial charge in [0.15, 0.2) is 0 Å². The van der Waals surface area contributed by atoms with Crippen LogP contribution in [0.2, 0.25) is 0 Å². The average Bonchev–Trinajstić information content (AvgIpc) is 2.54. The SMILES string of the molecule is O=S(=O)(Oc1c(F)c(F)c(F)c(F)c1F)c1ccc(C(F)(F)F)cc1. The highest BCUT2D eigenvalue weighted by atomic mass is 32.2. The first kappa shape index (κ1) is 19.0. The maximum absolute atomic E-state index is 13.4. The summed E-state index contributed by atoms with van der Waals surface area (Å²) in [6, 6.07) is 1.44. The quantitative estimate of drug-likeness (QED) is 0.341. The molecule has 0 saturated carbocycles. The van der Waals surface area contributed by atoms with E-state index in [0.717, 1.165) is 0 Å². The normalized spacial score (nSPS) is 12.3. The molecule has 0 spiro atoms. The zero-order chi connectivity index (χ0) is 19.2. The van der Waals surface area contributed by atoms with Crippen LogP contribution in [0.15, 0.2) is 29.2 Å². The Kier molecular flexibility index (Phi) is 4.68. The van der Waals surface area contributed by atoms with Crippen molar-refractivity contribution in [1.29, 1.82) is 0 Å².